The van der Waals surface area contributed by atoms with E-state index in [0.717, 1.165) is 6.08 Å². The van der Waals surface area contributed by atoms with Crippen LogP contribution < -0.4 is 0 Å². The molecule has 9 N–H and O–H groups in total. The first kappa shape index (κ1) is 33.4. The van der Waals surface area contributed by atoms with Gasteiger partial charge in [-0.2, -0.15) is 0 Å². The van der Waals surface area contributed by atoms with Crippen LogP contribution >= 0.6 is 0 Å². The lowest BCUT2D eigenvalue weighted by atomic mass is 9.81. The average Bonchev–Trinajstić information content (AvgIpc) is 2.99. The molecule has 242 valence electrons. The molecule has 1 aliphatic carbocycles. The summed E-state index contributed by atoms with van der Waals surface area (Å²) in [5.74, 6) is -2.80. The number of esters is 1. The number of phenolic OH excluding ortho intramolecular Hbond substituents is 4. The number of ether oxygens (including phenoxy) is 4. The Hall–Kier alpha value is -3.47. The predicted octanol–water partition coefficient (Wildman–Crippen LogP) is -0.352. The summed E-state index contributed by atoms with van der Waals surface area (Å²) in [6, 6.07) is 8.08. The highest BCUT2D eigenvalue weighted by Crippen LogP contribution is 2.34. The first-order valence-electron chi connectivity index (χ1n) is 14.1. The highest BCUT2D eigenvalue weighted by Gasteiger charge is 2.51. The van der Waals surface area contributed by atoms with Crippen molar-refractivity contribution in [2.24, 2.45) is 5.92 Å². The molecule has 0 aromatic heterocycles. The lowest BCUT2D eigenvalue weighted by molar-refractivity contribution is -0.321. The Morgan fingerprint density at radius 3 is 2.23 bits per heavy atom. The number of aliphatic hydroxyl groups excluding tert-OH is 5. The minimum absolute atomic E-state index is 0.0442. The van der Waals surface area contributed by atoms with Crippen LogP contribution in [0.25, 0.3) is 6.08 Å². The number of aromatic hydroxyl groups is 4. The smallest absolute Gasteiger partial charge is 0.331 e. The second-order valence-corrected chi connectivity index (χ2v) is 11.0. The molecule has 1 saturated carbocycles. The van der Waals surface area contributed by atoms with Crippen LogP contribution in [0.5, 0.6) is 23.0 Å². The molecule has 2 unspecified atom stereocenters. The minimum Gasteiger partial charge on any atom is -0.504 e. The van der Waals surface area contributed by atoms with Gasteiger partial charge in [0.05, 0.1) is 25.4 Å². The summed E-state index contributed by atoms with van der Waals surface area (Å²) in [5.41, 5.74) is 0.954. The highest BCUT2D eigenvalue weighted by molar-refractivity contribution is 5.87. The molecule has 14 nitrogen and oxygen atoms in total. The zero-order valence-electron chi connectivity index (χ0n) is 23.8. The van der Waals surface area contributed by atoms with E-state index in [-0.39, 0.29) is 36.7 Å². The molecule has 14 heteroatoms. The van der Waals surface area contributed by atoms with E-state index in [1.165, 1.54) is 36.4 Å². The number of rotatable bonds is 10. The van der Waals surface area contributed by atoms with Gasteiger partial charge in [0, 0.05) is 6.08 Å². The quantitative estimate of drug-likeness (QED) is 0.0936. The van der Waals surface area contributed by atoms with E-state index in [1.807, 2.05) is 0 Å². The van der Waals surface area contributed by atoms with Gasteiger partial charge in [-0.3, -0.25) is 0 Å². The van der Waals surface area contributed by atoms with Gasteiger partial charge in [0.15, 0.2) is 35.4 Å². The number of aliphatic hydroxyl groups is 5. The van der Waals surface area contributed by atoms with Gasteiger partial charge in [-0.1, -0.05) is 19.1 Å². The fourth-order valence-corrected chi connectivity index (χ4v) is 5.22. The van der Waals surface area contributed by atoms with E-state index in [1.54, 1.807) is 13.0 Å². The molecule has 0 amide bonds. The molecule has 0 radical (unpaired) electrons. The van der Waals surface area contributed by atoms with Gasteiger partial charge in [-0.05, 0) is 60.2 Å². The molecule has 10 atom stereocenters. The Morgan fingerprint density at radius 1 is 0.886 bits per heavy atom. The first-order chi connectivity index (χ1) is 20.9. The number of hydrogen-bond acceptors (Lipinski definition) is 14. The zero-order valence-corrected chi connectivity index (χ0v) is 23.8. The summed E-state index contributed by atoms with van der Waals surface area (Å²) in [4.78, 5) is 12.8. The first-order valence-corrected chi connectivity index (χ1v) is 14.1. The van der Waals surface area contributed by atoms with E-state index < -0.39 is 79.4 Å². The summed E-state index contributed by atoms with van der Waals surface area (Å²) >= 11 is 0. The van der Waals surface area contributed by atoms with E-state index >= 15 is 0 Å². The van der Waals surface area contributed by atoms with Crippen molar-refractivity contribution in [3.63, 3.8) is 0 Å². The lowest BCUT2D eigenvalue weighted by Crippen LogP contribution is -2.64. The maximum atomic E-state index is 12.8. The van der Waals surface area contributed by atoms with Crippen molar-refractivity contribution in [2.75, 3.05) is 13.2 Å². The molecule has 4 rings (SSSR count). The van der Waals surface area contributed by atoms with Crippen LogP contribution in [0.2, 0.25) is 0 Å². The monoisotopic (exact) mass is 622 g/mol. The van der Waals surface area contributed by atoms with E-state index in [2.05, 4.69) is 0 Å². The Kier molecular flexibility index (Phi) is 11.0. The SMILES string of the molecule is C[C@@H]1CC(O[C@H]2C(OC(=O)C=Cc3ccc(O)c(O)c3)[C@@H](CO)O[C@@H](OCCc3ccc(O)c(O)c3)[C@@H]2O)[C@H](O)[C@H](O)[C@H]1O. The molecule has 1 aliphatic heterocycles. The van der Waals surface area contributed by atoms with Crippen molar-refractivity contribution in [3.05, 3.63) is 53.6 Å². The third-order valence-corrected chi connectivity index (χ3v) is 7.77. The third kappa shape index (κ3) is 7.78. The molecule has 0 bridgehead atoms. The summed E-state index contributed by atoms with van der Waals surface area (Å²) in [5, 5.41) is 91.0. The van der Waals surface area contributed by atoms with Crippen LogP contribution in [0.3, 0.4) is 0 Å². The molecule has 1 heterocycles. The van der Waals surface area contributed by atoms with Gasteiger partial charge in [0.2, 0.25) is 0 Å². The Bertz CT molecular complexity index is 1300. The fourth-order valence-electron chi connectivity index (χ4n) is 5.22. The zero-order chi connectivity index (χ0) is 32.1. The average molecular weight is 623 g/mol. The van der Waals surface area contributed by atoms with Gasteiger partial charge in [0.1, 0.15) is 30.5 Å². The van der Waals surface area contributed by atoms with E-state index in [4.69, 9.17) is 18.9 Å². The van der Waals surface area contributed by atoms with Gasteiger partial charge < -0.3 is 64.9 Å². The Morgan fingerprint density at radius 2 is 1.57 bits per heavy atom. The summed E-state index contributed by atoms with van der Waals surface area (Å²) in [6.07, 6.45) is -9.99. The van der Waals surface area contributed by atoms with Crippen molar-refractivity contribution in [2.45, 2.75) is 74.9 Å². The maximum absolute atomic E-state index is 12.8. The summed E-state index contributed by atoms with van der Waals surface area (Å²) in [6.45, 7) is 0.901. The second-order valence-electron chi connectivity index (χ2n) is 11.0. The van der Waals surface area contributed by atoms with E-state index in [0.29, 0.717) is 11.1 Å². The van der Waals surface area contributed by atoms with Crippen molar-refractivity contribution < 1.29 is 69.7 Å². The van der Waals surface area contributed by atoms with Crippen molar-refractivity contribution in [1.82, 2.24) is 0 Å². The summed E-state index contributed by atoms with van der Waals surface area (Å²) in [7, 11) is 0. The van der Waals surface area contributed by atoms with Crippen LogP contribution in [-0.4, -0.2) is 120 Å². The normalized spacial score (nSPS) is 32.5. The van der Waals surface area contributed by atoms with Crippen molar-refractivity contribution in [3.8, 4) is 23.0 Å². The van der Waals surface area contributed by atoms with Crippen molar-refractivity contribution in [1.29, 1.82) is 0 Å². The number of hydrogen-bond donors (Lipinski definition) is 9. The molecular formula is C30H38O14. The number of phenols is 4. The van der Waals surface area contributed by atoms with Gasteiger partial charge in [-0.25, -0.2) is 4.79 Å². The number of carbonyl (C=O) groups excluding carboxylic acids is 1. The molecule has 1 saturated heterocycles. The van der Waals surface area contributed by atoms with Gasteiger partial charge in [-0.15, -0.1) is 0 Å². The summed E-state index contributed by atoms with van der Waals surface area (Å²) < 4.78 is 23.0. The molecule has 2 fully saturated rings. The molecule has 2 aliphatic rings. The van der Waals surface area contributed by atoms with Gasteiger partial charge >= 0.3 is 5.97 Å². The second kappa shape index (κ2) is 14.5. The standard InChI is InChI=1S/C30H38O14/c1-14-10-21(25(38)26(39)24(14)37)42-29-27(40)30(41-9-8-16-3-6-18(33)20(35)12-16)43-22(13-31)28(29)44-23(36)7-4-15-2-5-17(32)19(34)11-15/h2-7,11-12,14,21-22,24-35,37-40H,8-10,13H2,1H3/t14-,21?,22-,24+,25+,26-,27-,28?,29-,30-/m1/s1. The molecule has 2 aromatic rings. The highest BCUT2D eigenvalue weighted by atomic mass is 16.7. The molecular weight excluding hydrogens is 584 g/mol. The Labute approximate surface area is 252 Å². The fraction of sp³-hybridized carbons (Fsp3) is 0.500. The molecule has 44 heavy (non-hydrogen) atoms. The number of carbonyl (C=O) groups is 1. The van der Waals surface area contributed by atoms with Crippen molar-refractivity contribution >= 4 is 12.0 Å². The van der Waals surface area contributed by atoms with Crippen LogP contribution in [0.1, 0.15) is 24.5 Å². The number of benzene rings is 2. The van der Waals surface area contributed by atoms with Crippen LogP contribution in [-0.2, 0) is 30.2 Å². The van der Waals surface area contributed by atoms with Crippen LogP contribution in [0.4, 0.5) is 0 Å². The lowest BCUT2D eigenvalue weighted by Gasteiger charge is -2.46. The van der Waals surface area contributed by atoms with Crippen LogP contribution in [0, 0.1) is 5.92 Å². The molecule has 2 aromatic carbocycles. The third-order valence-electron chi connectivity index (χ3n) is 7.77. The van der Waals surface area contributed by atoms with Crippen LogP contribution in [0.15, 0.2) is 42.5 Å². The maximum Gasteiger partial charge on any atom is 0.331 e. The topological polar surface area (TPSA) is 236 Å². The van der Waals surface area contributed by atoms with Gasteiger partial charge in [0.25, 0.3) is 0 Å². The largest absolute Gasteiger partial charge is 0.504 e. The molecule has 0 spiro atoms. The predicted molar refractivity (Wildman–Crippen MR) is 150 cm³/mol. The minimum atomic E-state index is -1.63. The van der Waals surface area contributed by atoms with E-state index in [9.17, 15) is 50.8 Å². The Balaban J connectivity index is 1.52.